The normalized spacial score (nSPS) is 11.6. The fourth-order valence-corrected chi connectivity index (χ4v) is 0.764. The highest BCUT2D eigenvalue weighted by molar-refractivity contribution is 5.87. The predicted molar refractivity (Wildman–Crippen MR) is 51.0 cm³/mol. The van der Waals surface area contributed by atoms with Crippen molar-refractivity contribution in [2.45, 2.75) is 26.5 Å². The number of aliphatic hydroxyl groups excluding tert-OH is 2. The Kier molecular flexibility index (Phi) is 4.76. The van der Waals surface area contributed by atoms with Crippen LogP contribution in [0.15, 0.2) is 12.2 Å². The standard InChI is InChI=1S/C9H17NO4/c1-7(2)8(13)14-9(3,4)10(5-11)6-12/h11-12H,1,5-6H2,2-4H3. The maximum absolute atomic E-state index is 11.2. The molecule has 0 radical (unpaired) electrons. The monoisotopic (exact) mass is 203 g/mol. The number of aliphatic hydroxyl groups is 2. The van der Waals surface area contributed by atoms with E-state index in [1.54, 1.807) is 13.8 Å². The molecule has 0 saturated heterocycles. The zero-order valence-electron chi connectivity index (χ0n) is 8.78. The van der Waals surface area contributed by atoms with Crippen LogP contribution in [0, 0.1) is 0 Å². The zero-order chi connectivity index (χ0) is 11.4. The highest BCUT2D eigenvalue weighted by Gasteiger charge is 2.29. The molecule has 0 spiro atoms. The van der Waals surface area contributed by atoms with Gasteiger partial charge < -0.3 is 14.9 Å². The molecule has 0 aliphatic heterocycles. The summed E-state index contributed by atoms with van der Waals surface area (Å²) in [6, 6.07) is 0. The molecule has 2 N–H and O–H groups in total. The van der Waals surface area contributed by atoms with Gasteiger partial charge in [0.2, 0.25) is 0 Å². The molecule has 0 aromatic rings. The molecule has 0 bridgehead atoms. The van der Waals surface area contributed by atoms with Crippen molar-refractivity contribution in [3.05, 3.63) is 12.2 Å². The molecule has 14 heavy (non-hydrogen) atoms. The Hall–Kier alpha value is -0.910. The molecule has 0 aliphatic carbocycles. The van der Waals surface area contributed by atoms with Crippen molar-refractivity contribution < 1.29 is 19.7 Å². The van der Waals surface area contributed by atoms with E-state index in [2.05, 4.69) is 6.58 Å². The summed E-state index contributed by atoms with van der Waals surface area (Å²) in [5, 5.41) is 17.7. The lowest BCUT2D eigenvalue weighted by atomic mass is 10.2. The average molecular weight is 203 g/mol. The lowest BCUT2D eigenvalue weighted by molar-refractivity contribution is -0.190. The van der Waals surface area contributed by atoms with E-state index in [1.807, 2.05) is 0 Å². The number of carbonyl (C=O) groups excluding carboxylic acids is 1. The lowest BCUT2D eigenvalue weighted by Crippen LogP contribution is -2.48. The Morgan fingerprint density at radius 1 is 1.43 bits per heavy atom. The smallest absolute Gasteiger partial charge is 0.334 e. The van der Waals surface area contributed by atoms with E-state index < -0.39 is 25.2 Å². The van der Waals surface area contributed by atoms with Gasteiger partial charge >= 0.3 is 5.97 Å². The van der Waals surface area contributed by atoms with Crippen molar-refractivity contribution in [2.24, 2.45) is 0 Å². The van der Waals surface area contributed by atoms with Crippen LogP contribution >= 0.6 is 0 Å². The SMILES string of the molecule is C=C(C)C(=O)OC(C)(C)N(CO)CO. The van der Waals surface area contributed by atoms with Gasteiger partial charge in [-0.2, -0.15) is 0 Å². The van der Waals surface area contributed by atoms with Crippen molar-refractivity contribution in [3.63, 3.8) is 0 Å². The maximum Gasteiger partial charge on any atom is 0.334 e. The van der Waals surface area contributed by atoms with Crippen LogP contribution in [0.5, 0.6) is 0 Å². The fourth-order valence-electron chi connectivity index (χ4n) is 0.764. The summed E-state index contributed by atoms with van der Waals surface area (Å²) >= 11 is 0. The van der Waals surface area contributed by atoms with Gasteiger partial charge in [0.25, 0.3) is 0 Å². The number of hydrogen-bond donors (Lipinski definition) is 2. The number of esters is 1. The van der Waals surface area contributed by atoms with Gasteiger partial charge in [-0.3, -0.25) is 0 Å². The molecule has 0 rings (SSSR count). The van der Waals surface area contributed by atoms with E-state index in [-0.39, 0.29) is 5.57 Å². The highest BCUT2D eigenvalue weighted by Crippen LogP contribution is 2.16. The summed E-state index contributed by atoms with van der Waals surface area (Å²) in [6.45, 7) is 7.31. The van der Waals surface area contributed by atoms with E-state index >= 15 is 0 Å². The summed E-state index contributed by atoms with van der Waals surface area (Å²) in [5.74, 6) is -0.554. The van der Waals surface area contributed by atoms with Crippen molar-refractivity contribution in [3.8, 4) is 0 Å². The molecule has 5 nitrogen and oxygen atoms in total. The third-order valence-electron chi connectivity index (χ3n) is 1.79. The van der Waals surface area contributed by atoms with Crippen molar-refractivity contribution in [1.29, 1.82) is 0 Å². The quantitative estimate of drug-likeness (QED) is 0.375. The summed E-state index contributed by atoms with van der Waals surface area (Å²) in [7, 11) is 0. The molecule has 0 aromatic heterocycles. The van der Waals surface area contributed by atoms with Gasteiger partial charge in [-0.25, -0.2) is 9.69 Å². The Morgan fingerprint density at radius 2 is 1.86 bits per heavy atom. The van der Waals surface area contributed by atoms with Crippen molar-refractivity contribution >= 4 is 5.97 Å². The van der Waals surface area contributed by atoms with Gasteiger partial charge in [-0.15, -0.1) is 0 Å². The molecule has 5 heteroatoms. The van der Waals surface area contributed by atoms with E-state index in [0.29, 0.717) is 0 Å². The summed E-state index contributed by atoms with van der Waals surface area (Å²) < 4.78 is 5.01. The van der Waals surface area contributed by atoms with Crippen LogP contribution in [0.4, 0.5) is 0 Å². The highest BCUT2D eigenvalue weighted by atomic mass is 16.6. The Bertz CT molecular complexity index is 221. The van der Waals surface area contributed by atoms with Crippen LogP contribution in [-0.4, -0.2) is 40.3 Å². The minimum Gasteiger partial charge on any atom is -0.441 e. The maximum atomic E-state index is 11.2. The second kappa shape index (κ2) is 5.09. The first-order chi connectivity index (χ1) is 6.35. The van der Waals surface area contributed by atoms with E-state index in [1.165, 1.54) is 11.8 Å². The van der Waals surface area contributed by atoms with Crippen LogP contribution in [0.25, 0.3) is 0 Å². The molecular weight excluding hydrogens is 186 g/mol. The molecule has 0 fully saturated rings. The predicted octanol–water partition coefficient (Wildman–Crippen LogP) is 0.0434. The van der Waals surface area contributed by atoms with Gasteiger partial charge in [0.05, 0.1) is 0 Å². The van der Waals surface area contributed by atoms with Gasteiger partial charge in [-0.1, -0.05) is 6.58 Å². The van der Waals surface area contributed by atoms with Gasteiger partial charge in [0.15, 0.2) is 5.72 Å². The molecule has 0 amide bonds. The Labute approximate surface area is 83.6 Å². The third-order valence-corrected chi connectivity index (χ3v) is 1.79. The lowest BCUT2D eigenvalue weighted by Gasteiger charge is -2.34. The molecule has 0 atom stereocenters. The molecule has 0 heterocycles. The van der Waals surface area contributed by atoms with Gasteiger partial charge in [-0.05, 0) is 20.8 Å². The number of ether oxygens (including phenoxy) is 1. The first-order valence-corrected chi connectivity index (χ1v) is 4.20. The molecule has 0 unspecified atom stereocenters. The van der Waals surface area contributed by atoms with Crippen LogP contribution in [-0.2, 0) is 9.53 Å². The topological polar surface area (TPSA) is 70.0 Å². The number of hydrogen-bond acceptors (Lipinski definition) is 5. The molecule has 0 saturated carbocycles. The Balaban J connectivity index is 4.46. The second-order valence-corrected chi connectivity index (χ2v) is 3.44. The fraction of sp³-hybridized carbons (Fsp3) is 0.667. The molecule has 0 aliphatic rings. The largest absolute Gasteiger partial charge is 0.441 e. The van der Waals surface area contributed by atoms with Crippen molar-refractivity contribution in [1.82, 2.24) is 4.90 Å². The molecular formula is C9H17NO4. The Morgan fingerprint density at radius 3 is 2.14 bits per heavy atom. The number of nitrogens with zero attached hydrogens (tertiary/aromatic N) is 1. The summed E-state index contributed by atoms with van der Waals surface area (Å²) in [4.78, 5) is 12.4. The summed E-state index contributed by atoms with van der Waals surface area (Å²) in [6.07, 6.45) is 0. The first-order valence-electron chi connectivity index (χ1n) is 4.20. The first kappa shape index (κ1) is 13.1. The van der Waals surface area contributed by atoms with Gasteiger partial charge in [0, 0.05) is 5.57 Å². The third kappa shape index (κ3) is 3.45. The van der Waals surface area contributed by atoms with E-state index in [9.17, 15) is 4.79 Å². The molecule has 82 valence electrons. The van der Waals surface area contributed by atoms with Crippen LogP contribution in [0.2, 0.25) is 0 Å². The number of rotatable bonds is 5. The van der Waals surface area contributed by atoms with Crippen LogP contribution < -0.4 is 0 Å². The minimum absolute atomic E-state index is 0.272. The van der Waals surface area contributed by atoms with Crippen LogP contribution in [0.3, 0.4) is 0 Å². The zero-order valence-corrected chi connectivity index (χ0v) is 8.78. The summed E-state index contributed by atoms with van der Waals surface area (Å²) in [5.41, 5.74) is -0.784. The van der Waals surface area contributed by atoms with E-state index in [0.717, 1.165) is 0 Å². The second-order valence-electron chi connectivity index (χ2n) is 3.44. The van der Waals surface area contributed by atoms with Crippen molar-refractivity contribution in [2.75, 3.05) is 13.5 Å². The minimum atomic E-state index is -1.06. The average Bonchev–Trinajstić information content (AvgIpc) is 2.04. The number of carbonyl (C=O) groups is 1. The van der Waals surface area contributed by atoms with E-state index in [4.69, 9.17) is 14.9 Å². The van der Waals surface area contributed by atoms with Gasteiger partial charge in [0.1, 0.15) is 13.5 Å². The van der Waals surface area contributed by atoms with Crippen LogP contribution in [0.1, 0.15) is 20.8 Å². The molecule has 0 aromatic carbocycles.